The van der Waals surface area contributed by atoms with E-state index in [2.05, 4.69) is 15.4 Å². The summed E-state index contributed by atoms with van der Waals surface area (Å²) in [5.41, 5.74) is 2.41. The van der Waals surface area contributed by atoms with Crippen LogP contribution >= 0.6 is 11.6 Å². The van der Waals surface area contributed by atoms with Gasteiger partial charge >= 0.3 is 0 Å². The normalized spacial score (nSPS) is 10.8. The van der Waals surface area contributed by atoms with Gasteiger partial charge in [0.25, 0.3) is 5.56 Å². The number of rotatable bonds is 2. The zero-order valence-electron chi connectivity index (χ0n) is 11.6. The summed E-state index contributed by atoms with van der Waals surface area (Å²) in [5, 5.41) is 7.71. The van der Waals surface area contributed by atoms with Crippen molar-refractivity contribution in [1.29, 1.82) is 0 Å². The monoisotopic (exact) mass is 300 g/mol. The fraction of sp³-hybridized carbons (Fsp3) is 0.133. The van der Waals surface area contributed by atoms with E-state index in [1.165, 1.54) is 0 Å². The average molecular weight is 301 g/mol. The molecule has 3 rings (SSSR count). The van der Waals surface area contributed by atoms with E-state index in [1.54, 1.807) is 23.8 Å². The van der Waals surface area contributed by atoms with Gasteiger partial charge in [-0.25, -0.2) is 0 Å². The molecule has 0 atom stereocenters. The van der Waals surface area contributed by atoms with Gasteiger partial charge in [0.15, 0.2) is 0 Å². The van der Waals surface area contributed by atoms with Gasteiger partial charge in [-0.2, -0.15) is 14.6 Å². The van der Waals surface area contributed by atoms with Gasteiger partial charge < -0.3 is 5.32 Å². The second-order valence-electron chi connectivity index (χ2n) is 4.68. The molecule has 0 aliphatic heterocycles. The van der Waals surface area contributed by atoms with Crippen LogP contribution in [0.5, 0.6) is 0 Å². The molecule has 0 aliphatic carbocycles. The van der Waals surface area contributed by atoms with E-state index in [-0.39, 0.29) is 5.56 Å². The number of nitrogens with one attached hydrogen (secondary N) is 1. The molecule has 0 spiro atoms. The molecule has 2 heterocycles. The lowest BCUT2D eigenvalue weighted by molar-refractivity contribution is 0.885. The van der Waals surface area contributed by atoms with Crippen LogP contribution in [0, 0.1) is 6.92 Å². The lowest BCUT2D eigenvalue weighted by Crippen LogP contribution is -2.18. The molecule has 0 aliphatic rings. The molecule has 21 heavy (non-hydrogen) atoms. The molecule has 5 nitrogen and oxygen atoms in total. The molecule has 1 N–H and O–H groups in total. The van der Waals surface area contributed by atoms with Gasteiger partial charge in [-0.05, 0) is 24.6 Å². The topological polar surface area (TPSA) is 59.3 Å². The summed E-state index contributed by atoms with van der Waals surface area (Å²) in [7, 11) is 1.70. The van der Waals surface area contributed by atoms with Gasteiger partial charge in [0.2, 0.25) is 5.95 Å². The number of fused-ring (bicyclic) bond motifs is 1. The molecule has 6 heteroatoms. The summed E-state index contributed by atoms with van der Waals surface area (Å²) in [6.45, 7) is 1.92. The SMILES string of the molecule is CNc1nc(=O)c(-c2ccccc2Cl)c2cc(C)cnn12. The number of halogens is 1. The van der Waals surface area contributed by atoms with Crippen molar-refractivity contribution in [2.24, 2.45) is 0 Å². The summed E-state index contributed by atoms with van der Waals surface area (Å²) in [4.78, 5) is 16.5. The number of benzene rings is 1. The Labute approximate surface area is 126 Å². The predicted molar refractivity (Wildman–Crippen MR) is 84.0 cm³/mol. The number of hydrogen-bond acceptors (Lipinski definition) is 4. The lowest BCUT2D eigenvalue weighted by Gasteiger charge is -2.11. The van der Waals surface area contributed by atoms with Crippen molar-refractivity contribution < 1.29 is 0 Å². The maximum Gasteiger partial charge on any atom is 0.283 e. The molecule has 1 aromatic carbocycles. The Morgan fingerprint density at radius 1 is 1.29 bits per heavy atom. The van der Waals surface area contributed by atoms with Crippen molar-refractivity contribution in [2.45, 2.75) is 6.92 Å². The molecule has 0 fully saturated rings. The Bertz CT molecular complexity index is 888. The van der Waals surface area contributed by atoms with E-state index < -0.39 is 0 Å². The van der Waals surface area contributed by atoms with E-state index >= 15 is 0 Å². The number of nitrogens with zero attached hydrogens (tertiary/aromatic N) is 3. The van der Waals surface area contributed by atoms with Crippen molar-refractivity contribution in [3.05, 3.63) is 57.5 Å². The third-order valence-electron chi connectivity index (χ3n) is 3.21. The summed E-state index contributed by atoms with van der Waals surface area (Å²) >= 11 is 6.23. The zero-order chi connectivity index (χ0) is 15.0. The van der Waals surface area contributed by atoms with E-state index in [4.69, 9.17) is 11.6 Å². The summed E-state index contributed by atoms with van der Waals surface area (Å²) in [5.74, 6) is 0.394. The van der Waals surface area contributed by atoms with Gasteiger partial charge in [-0.1, -0.05) is 29.8 Å². The van der Waals surface area contributed by atoms with Gasteiger partial charge in [0.1, 0.15) is 0 Å². The highest BCUT2D eigenvalue weighted by molar-refractivity contribution is 6.33. The average Bonchev–Trinajstić information content (AvgIpc) is 2.47. The highest BCUT2D eigenvalue weighted by Gasteiger charge is 2.15. The van der Waals surface area contributed by atoms with Gasteiger partial charge in [0.05, 0.1) is 17.3 Å². The van der Waals surface area contributed by atoms with Gasteiger partial charge in [-0.15, -0.1) is 0 Å². The Morgan fingerprint density at radius 3 is 2.76 bits per heavy atom. The van der Waals surface area contributed by atoms with Gasteiger partial charge in [0, 0.05) is 17.6 Å². The van der Waals surface area contributed by atoms with Crippen LogP contribution in [0.4, 0.5) is 5.95 Å². The van der Waals surface area contributed by atoms with Crippen molar-refractivity contribution in [3.8, 4) is 11.1 Å². The molecular formula is C15H13ClN4O. The smallest absolute Gasteiger partial charge is 0.283 e. The quantitative estimate of drug-likeness (QED) is 0.790. The van der Waals surface area contributed by atoms with Crippen LogP contribution in [0.3, 0.4) is 0 Å². The predicted octanol–water partition coefficient (Wildman–Crippen LogP) is 2.76. The van der Waals surface area contributed by atoms with Crippen molar-refractivity contribution in [1.82, 2.24) is 14.6 Å². The minimum absolute atomic E-state index is 0.333. The number of aromatic nitrogens is 3. The molecule has 0 amide bonds. The fourth-order valence-corrected chi connectivity index (χ4v) is 2.49. The minimum atomic E-state index is -0.333. The highest BCUT2D eigenvalue weighted by Crippen LogP contribution is 2.28. The van der Waals surface area contributed by atoms with Crippen LogP contribution in [0.15, 0.2) is 41.3 Å². The van der Waals surface area contributed by atoms with Crippen molar-refractivity contribution >= 4 is 23.1 Å². The van der Waals surface area contributed by atoms with Crippen LogP contribution < -0.4 is 10.9 Å². The van der Waals surface area contributed by atoms with Crippen molar-refractivity contribution in [3.63, 3.8) is 0 Å². The third-order valence-corrected chi connectivity index (χ3v) is 3.54. The summed E-state index contributed by atoms with van der Waals surface area (Å²) in [6.07, 6.45) is 1.72. The van der Waals surface area contributed by atoms with E-state index in [9.17, 15) is 4.79 Å². The maximum atomic E-state index is 12.4. The molecule has 0 unspecified atom stereocenters. The summed E-state index contributed by atoms with van der Waals surface area (Å²) in [6, 6.07) is 9.12. The highest BCUT2D eigenvalue weighted by atomic mass is 35.5. The Kier molecular flexibility index (Phi) is 3.35. The van der Waals surface area contributed by atoms with Crippen molar-refractivity contribution in [2.75, 3.05) is 12.4 Å². The second-order valence-corrected chi connectivity index (χ2v) is 5.08. The standard InChI is InChI=1S/C15H13ClN4O/c1-9-7-12-13(10-5-3-4-6-11(10)16)14(21)19-15(17-2)20(12)18-8-9/h3-8H,1-2H3,(H,17,19,21). The first kappa shape index (κ1) is 13.6. The molecule has 0 bridgehead atoms. The first-order valence-corrected chi connectivity index (χ1v) is 6.82. The van der Waals surface area contributed by atoms with Crippen LogP contribution in [0.25, 0.3) is 16.6 Å². The summed E-state index contributed by atoms with van der Waals surface area (Å²) < 4.78 is 1.60. The third kappa shape index (κ3) is 2.25. The van der Waals surface area contributed by atoms with Crippen LogP contribution in [0.1, 0.15) is 5.56 Å². The van der Waals surface area contributed by atoms with Crippen LogP contribution in [-0.4, -0.2) is 21.6 Å². The molecular weight excluding hydrogens is 288 g/mol. The second kappa shape index (κ2) is 5.18. The Balaban J connectivity index is 2.48. The molecule has 3 aromatic rings. The van der Waals surface area contributed by atoms with Crippen LogP contribution in [-0.2, 0) is 0 Å². The Morgan fingerprint density at radius 2 is 2.05 bits per heavy atom. The first-order chi connectivity index (χ1) is 10.1. The molecule has 2 aromatic heterocycles. The first-order valence-electron chi connectivity index (χ1n) is 6.44. The zero-order valence-corrected chi connectivity index (χ0v) is 12.3. The van der Waals surface area contributed by atoms with Crippen LogP contribution in [0.2, 0.25) is 5.02 Å². The molecule has 0 saturated carbocycles. The number of anilines is 1. The fourth-order valence-electron chi connectivity index (χ4n) is 2.26. The molecule has 0 saturated heterocycles. The molecule has 0 radical (unpaired) electrons. The largest absolute Gasteiger partial charge is 0.357 e. The maximum absolute atomic E-state index is 12.4. The van der Waals surface area contributed by atoms with Gasteiger partial charge in [-0.3, -0.25) is 4.79 Å². The number of hydrogen-bond donors (Lipinski definition) is 1. The lowest BCUT2D eigenvalue weighted by atomic mass is 10.1. The minimum Gasteiger partial charge on any atom is -0.357 e. The molecule has 106 valence electrons. The Hall–Kier alpha value is -2.40. The van der Waals surface area contributed by atoms with E-state index in [1.807, 2.05) is 31.2 Å². The van der Waals surface area contributed by atoms with E-state index in [0.29, 0.717) is 27.6 Å². The number of aryl methyl sites for hydroxylation is 1. The van der Waals surface area contributed by atoms with E-state index in [0.717, 1.165) is 5.56 Å².